The summed E-state index contributed by atoms with van der Waals surface area (Å²) in [6.45, 7) is 0. The van der Waals surface area contributed by atoms with Gasteiger partial charge in [0.2, 0.25) is 0 Å². The maximum atomic E-state index is 2.14. The van der Waals surface area contributed by atoms with Crippen LogP contribution < -0.4 is 0 Å². The lowest BCUT2D eigenvalue weighted by Gasteiger charge is -1.82. The molecule has 0 atom stereocenters. The molecule has 0 radical (unpaired) electrons. The van der Waals surface area contributed by atoms with Gasteiger partial charge < -0.3 is 5.48 Å². The maximum absolute atomic E-state index is 2.14. The van der Waals surface area contributed by atoms with E-state index in [2.05, 4.69) is 71.4 Å². The van der Waals surface area contributed by atoms with Crippen molar-refractivity contribution in [1.29, 1.82) is 0 Å². The van der Waals surface area contributed by atoms with Crippen molar-refractivity contribution in [1.82, 2.24) is 0 Å². The number of hydrogen-bond acceptors (Lipinski definition) is 2. The molecule has 2 aromatic carbocycles. The van der Waals surface area contributed by atoms with Crippen LogP contribution in [0.2, 0.25) is 0 Å². The van der Waals surface area contributed by atoms with Crippen LogP contribution in [0.25, 0.3) is 20.2 Å². The van der Waals surface area contributed by atoms with E-state index in [1.807, 2.05) is 0 Å². The van der Waals surface area contributed by atoms with Crippen molar-refractivity contribution in [2.45, 2.75) is 0 Å². The first-order valence-corrected chi connectivity index (χ1v) is 7.54. The van der Waals surface area contributed by atoms with E-state index in [4.69, 9.17) is 0 Å². The molecule has 0 unspecified atom stereocenters. The van der Waals surface area contributed by atoms with E-state index in [1.165, 1.54) is 20.2 Å². The molecule has 0 aliphatic rings. The maximum Gasteiger partial charge on any atom is 0.0342 e. The first-order chi connectivity index (χ1) is 8.93. The van der Waals surface area contributed by atoms with Crippen LogP contribution in [0.3, 0.4) is 0 Å². The van der Waals surface area contributed by atoms with Crippen molar-refractivity contribution in [3.8, 4) is 0 Å². The second-order valence-electron chi connectivity index (χ2n) is 3.92. The van der Waals surface area contributed by atoms with Crippen LogP contribution in [0.5, 0.6) is 0 Å². The number of hydrogen-bond donors (Lipinski definition) is 0. The third-order valence-corrected chi connectivity index (χ3v) is 4.52. The largest absolute Gasteiger partial charge is 0.412 e. The quantitative estimate of drug-likeness (QED) is 0.437. The molecule has 0 amide bonds. The van der Waals surface area contributed by atoms with Gasteiger partial charge >= 0.3 is 0 Å². The van der Waals surface area contributed by atoms with Crippen LogP contribution in [0.15, 0.2) is 71.4 Å². The summed E-state index contributed by atoms with van der Waals surface area (Å²) >= 11 is 3.57. The zero-order valence-corrected chi connectivity index (χ0v) is 11.9. The van der Waals surface area contributed by atoms with Crippen molar-refractivity contribution >= 4 is 42.8 Å². The molecule has 4 aromatic rings. The highest BCUT2D eigenvalue weighted by Crippen LogP contribution is 2.19. The molecule has 0 bridgehead atoms. The van der Waals surface area contributed by atoms with Gasteiger partial charge in [-0.05, 0) is 45.8 Å². The Morgan fingerprint density at radius 3 is 1.37 bits per heavy atom. The molecule has 0 saturated heterocycles. The summed E-state index contributed by atoms with van der Waals surface area (Å²) in [6, 6.07) is 21.1. The van der Waals surface area contributed by atoms with E-state index >= 15 is 0 Å². The van der Waals surface area contributed by atoms with Crippen LogP contribution in [-0.2, 0) is 0 Å². The van der Waals surface area contributed by atoms with Crippen LogP contribution in [0.1, 0.15) is 0 Å². The molecular weight excluding hydrogens is 272 g/mol. The van der Waals surface area contributed by atoms with E-state index in [0.717, 1.165) is 0 Å². The van der Waals surface area contributed by atoms with Crippen molar-refractivity contribution in [3.63, 3.8) is 0 Å². The minimum Gasteiger partial charge on any atom is -0.412 e. The molecule has 0 aliphatic carbocycles. The molecule has 0 spiro atoms. The van der Waals surface area contributed by atoms with Gasteiger partial charge in [-0.1, -0.05) is 36.4 Å². The molecule has 19 heavy (non-hydrogen) atoms. The second kappa shape index (κ2) is 6.48. The zero-order valence-electron chi connectivity index (χ0n) is 10.2. The summed E-state index contributed by atoms with van der Waals surface area (Å²) in [5.41, 5.74) is 0. The Labute approximate surface area is 120 Å². The smallest absolute Gasteiger partial charge is 0.0342 e. The van der Waals surface area contributed by atoms with Crippen LogP contribution in [0.4, 0.5) is 0 Å². The van der Waals surface area contributed by atoms with Gasteiger partial charge in [0.25, 0.3) is 0 Å². The average molecular weight is 286 g/mol. The van der Waals surface area contributed by atoms with Crippen molar-refractivity contribution in [2.24, 2.45) is 0 Å². The van der Waals surface area contributed by atoms with E-state index in [1.54, 1.807) is 22.7 Å². The Hall–Kier alpha value is -1.68. The number of benzene rings is 2. The van der Waals surface area contributed by atoms with E-state index in [-0.39, 0.29) is 5.48 Å². The van der Waals surface area contributed by atoms with Gasteiger partial charge in [0.15, 0.2) is 0 Å². The predicted octanol–water partition coefficient (Wildman–Crippen LogP) is 4.98. The molecule has 0 fully saturated rings. The minimum absolute atomic E-state index is 0. The lowest BCUT2D eigenvalue weighted by Crippen LogP contribution is -1.56. The fourth-order valence-corrected chi connectivity index (χ4v) is 3.39. The van der Waals surface area contributed by atoms with Gasteiger partial charge in [-0.25, -0.2) is 0 Å². The summed E-state index contributed by atoms with van der Waals surface area (Å²) in [5, 5.41) is 6.93. The monoisotopic (exact) mass is 286 g/mol. The zero-order chi connectivity index (χ0) is 12.2. The summed E-state index contributed by atoms with van der Waals surface area (Å²) in [4.78, 5) is 0. The summed E-state index contributed by atoms with van der Waals surface area (Å²) in [7, 11) is 0. The Balaban J connectivity index is 0.000000133. The SMILES string of the molecule is O.c1ccc2sccc2c1.c1ccc2sccc2c1. The van der Waals surface area contributed by atoms with Gasteiger partial charge in [-0.15, -0.1) is 22.7 Å². The molecule has 0 saturated carbocycles. The number of rotatable bonds is 0. The Kier molecular flexibility index (Phi) is 4.68. The highest BCUT2D eigenvalue weighted by Gasteiger charge is 1.88. The van der Waals surface area contributed by atoms with E-state index in [0.29, 0.717) is 0 Å². The lowest BCUT2D eigenvalue weighted by molar-refractivity contribution is 0.824. The number of fused-ring (bicyclic) bond motifs is 2. The Bertz CT molecular complexity index is 629. The van der Waals surface area contributed by atoms with E-state index < -0.39 is 0 Å². The third-order valence-electron chi connectivity index (χ3n) is 2.72. The molecule has 2 heterocycles. The van der Waals surface area contributed by atoms with Gasteiger partial charge in [0, 0.05) is 9.40 Å². The van der Waals surface area contributed by atoms with Crippen LogP contribution in [-0.4, -0.2) is 5.48 Å². The van der Waals surface area contributed by atoms with Crippen molar-refractivity contribution in [3.05, 3.63) is 71.4 Å². The lowest BCUT2D eigenvalue weighted by atomic mass is 10.3. The molecule has 3 heteroatoms. The predicted molar refractivity (Wildman–Crippen MR) is 87.3 cm³/mol. The highest BCUT2D eigenvalue weighted by atomic mass is 32.1. The molecule has 2 N–H and O–H groups in total. The Morgan fingerprint density at radius 1 is 0.526 bits per heavy atom. The Morgan fingerprint density at radius 2 is 0.947 bits per heavy atom. The van der Waals surface area contributed by atoms with Gasteiger partial charge in [-0.2, -0.15) is 0 Å². The standard InChI is InChI=1S/2C8H6S.H2O/c2*1-2-4-8-7(3-1)5-6-9-8;/h2*1-6H;1H2. The van der Waals surface area contributed by atoms with Crippen molar-refractivity contribution in [2.75, 3.05) is 0 Å². The van der Waals surface area contributed by atoms with Crippen molar-refractivity contribution < 1.29 is 5.48 Å². The molecule has 1 nitrogen and oxygen atoms in total. The summed E-state index contributed by atoms with van der Waals surface area (Å²) in [5.74, 6) is 0. The number of thiophene rings is 2. The highest BCUT2D eigenvalue weighted by molar-refractivity contribution is 7.17. The van der Waals surface area contributed by atoms with Crippen LogP contribution in [0, 0.1) is 0 Å². The fraction of sp³-hybridized carbons (Fsp3) is 0. The molecular formula is C16H14OS2. The molecule has 2 aromatic heterocycles. The molecule has 4 rings (SSSR count). The van der Waals surface area contributed by atoms with E-state index in [9.17, 15) is 0 Å². The van der Waals surface area contributed by atoms with Gasteiger partial charge in [0.05, 0.1) is 0 Å². The minimum atomic E-state index is 0. The molecule has 96 valence electrons. The normalized spacial score (nSPS) is 9.68. The average Bonchev–Trinajstić information content (AvgIpc) is 3.08. The third kappa shape index (κ3) is 3.20. The topological polar surface area (TPSA) is 31.5 Å². The van der Waals surface area contributed by atoms with Gasteiger partial charge in [0.1, 0.15) is 0 Å². The second-order valence-corrected chi connectivity index (χ2v) is 5.81. The first kappa shape index (κ1) is 13.7. The first-order valence-electron chi connectivity index (χ1n) is 5.78. The summed E-state index contributed by atoms with van der Waals surface area (Å²) in [6.07, 6.45) is 0. The fourth-order valence-electron chi connectivity index (χ4n) is 1.81. The summed E-state index contributed by atoms with van der Waals surface area (Å²) < 4.78 is 2.75. The molecule has 0 aliphatic heterocycles. The van der Waals surface area contributed by atoms with Crippen LogP contribution >= 0.6 is 22.7 Å². The van der Waals surface area contributed by atoms with Gasteiger partial charge in [-0.3, -0.25) is 0 Å².